The lowest BCUT2D eigenvalue weighted by Crippen LogP contribution is -2.27. The first-order chi connectivity index (χ1) is 6.29. The van der Waals surface area contributed by atoms with Crippen molar-refractivity contribution in [1.29, 1.82) is 0 Å². The highest BCUT2D eigenvalue weighted by Crippen LogP contribution is 2.19. The molecule has 1 rings (SSSR count). The summed E-state index contributed by atoms with van der Waals surface area (Å²) >= 11 is 0. The number of unbranched alkanes of at least 4 members (excludes halogenated alkanes) is 1. The summed E-state index contributed by atoms with van der Waals surface area (Å²) in [6, 6.07) is 0. The predicted octanol–water partition coefficient (Wildman–Crippen LogP) is 3.12. The van der Waals surface area contributed by atoms with Gasteiger partial charge in [0.15, 0.2) is 0 Å². The van der Waals surface area contributed by atoms with Crippen molar-refractivity contribution >= 4 is 0 Å². The van der Waals surface area contributed by atoms with Crippen LogP contribution in [0.3, 0.4) is 0 Å². The summed E-state index contributed by atoms with van der Waals surface area (Å²) in [6.07, 6.45) is 8.21. The topological polar surface area (TPSA) is 12.0 Å². The molecule has 1 fully saturated rings. The van der Waals surface area contributed by atoms with Crippen molar-refractivity contribution in [2.75, 3.05) is 13.1 Å². The van der Waals surface area contributed by atoms with Crippen molar-refractivity contribution < 1.29 is 0 Å². The number of piperidine rings is 1. The van der Waals surface area contributed by atoms with Gasteiger partial charge in [0.25, 0.3) is 0 Å². The second-order valence-electron chi connectivity index (χ2n) is 4.40. The molecule has 1 heteroatoms. The first-order valence-electron chi connectivity index (χ1n) is 5.64. The van der Waals surface area contributed by atoms with Gasteiger partial charge in [-0.15, -0.1) is 6.58 Å². The molecule has 0 spiro atoms. The second kappa shape index (κ2) is 6.20. The minimum atomic E-state index is 1.01. The Morgan fingerprint density at radius 3 is 2.62 bits per heavy atom. The zero-order valence-electron chi connectivity index (χ0n) is 8.94. The SMILES string of the molecule is C=C(C)CCCCC1CCNCC1. The summed E-state index contributed by atoms with van der Waals surface area (Å²) in [6.45, 7) is 8.54. The highest BCUT2D eigenvalue weighted by atomic mass is 14.9. The van der Waals surface area contributed by atoms with E-state index in [1.165, 1.54) is 57.2 Å². The van der Waals surface area contributed by atoms with Gasteiger partial charge in [0.2, 0.25) is 0 Å². The zero-order chi connectivity index (χ0) is 9.52. The van der Waals surface area contributed by atoms with Crippen LogP contribution in [0.25, 0.3) is 0 Å². The van der Waals surface area contributed by atoms with Crippen molar-refractivity contribution in [2.45, 2.75) is 45.4 Å². The maximum absolute atomic E-state index is 3.93. The molecule has 1 saturated heterocycles. The standard InChI is InChI=1S/C12H23N/c1-11(2)5-3-4-6-12-7-9-13-10-8-12/h12-13H,1,3-10H2,2H3. The van der Waals surface area contributed by atoms with Crippen LogP contribution >= 0.6 is 0 Å². The maximum Gasteiger partial charge on any atom is -0.00463 e. The van der Waals surface area contributed by atoms with Gasteiger partial charge in [0, 0.05) is 0 Å². The molecule has 1 N–H and O–H groups in total. The van der Waals surface area contributed by atoms with E-state index in [9.17, 15) is 0 Å². The highest BCUT2D eigenvalue weighted by molar-refractivity contribution is 4.87. The van der Waals surface area contributed by atoms with E-state index in [2.05, 4.69) is 18.8 Å². The predicted molar refractivity (Wildman–Crippen MR) is 58.9 cm³/mol. The van der Waals surface area contributed by atoms with Gasteiger partial charge in [0.05, 0.1) is 0 Å². The molecule has 0 aromatic rings. The fourth-order valence-electron chi connectivity index (χ4n) is 2.03. The normalized spacial score (nSPS) is 18.8. The summed E-state index contributed by atoms with van der Waals surface area (Å²) in [5.74, 6) is 1.01. The largest absolute Gasteiger partial charge is 0.317 e. The number of allylic oxidation sites excluding steroid dienone is 1. The van der Waals surface area contributed by atoms with Gasteiger partial charge in [-0.2, -0.15) is 0 Å². The van der Waals surface area contributed by atoms with Crippen molar-refractivity contribution in [2.24, 2.45) is 5.92 Å². The van der Waals surface area contributed by atoms with E-state index in [1.807, 2.05) is 0 Å². The van der Waals surface area contributed by atoms with Crippen LogP contribution in [0.2, 0.25) is 0 Å². The van der Waals surface area contributed by atoms with Gasteiger partial charge in [-0.3, -0.25) is 0 Å². The lowest BCUT2D eigenvalue weighted by atomic mass is 9.92. The summed E-state index contributed by atoms with van der Waals surface area (Å²) in [5.41, 5.74) is 1.34. The maximum atomic E-state index is 3.93. The fourth-order valence-corrected chi connectivity index (χ4v) is 2.03. The van der Waals surface area contributed by atoms with Crippen LogP contribution in [0, 0.1) is 5.92 Å². The van der Waals surface area contributed by atoms with Crippen LogP contribution in [0.1, 0.15) is 45.4 Å². The Balaban J connectivity index is 1.95. The molecule has 1 aliphatic heterocycles. The van der Waals surface area contributed by atoms with Crippen LogP contribution in [-0.2, 0) is 0 Å². The summed E-state index contributed by atoms with van der Waals surface area (Å²) < 4.78 is 0. The summed E-state index contributed by atoms with van der Waals surface area (Å²) in [7, 11) is 0. The fraction of sp³-hybridized carbons (Fsp3) is 0.833. The van der Waals surface area contributed by atoms with Gasteiger partial charge < -0.3 is 5.32 Å². The van der Waals surface area contributed by atoms with Crippen LogP contribution < -0.4 is 5.32 Å². The Bertz CT molecular complexity index is 145. The van der Waals surface area contributed by atoms with E-state index < -0.39 is 0 Å². The lowest BCUT2D eigenvalue weighted by molar-refractivity contribution is 0.344. The van der Waals surface area contributed by atoms with Gasteiger partial charge in [0.1, 0.15) is 0 Å². The van der Waals surface area contributed by atoms with E-state index in [0.29, 0.717) is 0 Å². The molecule has 1 nitrogen and oxygen atoms in total. The summed E-state index contributed by atoms with van der Waals surface area (Å²) in [4.78, 5) is 0. The van der Waals surface area contributed by atoms with Gasteiger partial charge >= 0.3 is 0 Å². The van der Waals surface area contributed by atoms with Crippen LogP contribution in [0.5, 0.6) is 0 Å². The lowest BCUT2D eigenvalue weighted by Gasteiger charge is -2.22. The molecule has 1 heterocycles. The Morgan fingerprint density at radius 2 is 2.00 bits per heavy atom. The molecule has 0 radical (unpaired) electrons. The average Bonchev–Trinajstić information content (AvgIpc) is 2.14. The van der Waals surface area contributed by atoms with Crippen LogP contribution in [-0.4, -0.2) is 13.1 Å². The Kier molecular flexibility index (Phi) is 5.14. The van der Waals surface area contributed by atoms with E-state index in [-0.39, 0.29) is 0 Å². The van der Waals surface area contributed by atoms with Crippen molar-refractivity contribution in [3.8, 4) is 0 Å². The van der Waals surface area contributed by atoms with Crippen LogP contribution in [0.4, 0.5) is 0 Å². The third-order valence-corrected chi connectivity index (χ3v) is 2.92. The molecule has 0 unspecified atom stereocenters. The molecule has 0 aromatic carbocycles. The Labute approximate surface area is 82.6 Å². The molecule has 0 aromatic heterocycles. The second-order valence-corrected chi connectivity index (χ2v) is 4.40. The quantitative estimate of drug-likeness (QED) is 0.507. The molecule has 1 aliphatic rings. The molecule has 76 valence electrons. The Morgan fingerprint density at radius 1 is 1.31 bits per heavy atom. The van der Waals surface area contributed by atoms with Crippen molar-refractivity contribution in [3.05, 3.63) is 12.2 Å². The molecule has 0 saturated carbocycles. The molecule has 0 amide bonds. The zero-order valence-corrected chi connectivity index (χ0v) is 8.94. The number of hydrogen-bond donors (Lipinski definition) is 1. The molecular weight excluding hydrogens is 158 g/mol. The molecule has 0 bridgehead atoms. The van der Waals surface area contributed by atoms with E-state index in [0.717, 1.165) is 5.92 Å². The molecule has 0 atom stereocenters. The molecule has 0 aliphatic carbocycles. The third kappa shape index (κ3) is 5.09. The smallest absolute Gasteiger partial charge is 0.00463 e. The first-order valence-corrected chi connectivity index (χ1v) is 5.64. The van der Waals surface area contributed by atoms with Gasteiger partial charge in [-0.1, -0.05) is 18.4 Å². The van der Waals surface area contributed by atoms with Crippen molar-refractivity contribution in [3.63, 3.8) is 0 Å². The minimum absolute atomic E-state index is 1.01. The third-order valence-electron chi connectivity index (χ3n) is 2.92. The number of nitrogens with one attached hydrogen (secondary N) is 1. The van der Waals surface area contributed by atoms with Crippen molar-refractivity contribution in [1.82, 2.24) is 5.32 Å². The molecule has 13 heavy (non-hydrogen) atoms. The van der Waals surface area contributed by atoms with Crippen LogP contribution in [0.15, 0.2) is 12.2 Å². The van der Waals surface area contributed by atoms with E-state index >= 15 is 0 Å². The molecular formula is C12H23N. The Hall–Kier alpha value is -0.300. The monoisotopic (exact) mass is 181 g/mol. The highest BCUT2D eigenvalue weighted by Gasteiger charge is 2.11. The number of rotatable bonds is 5. The van der Waals surface area contributed by atoms with E-state index in [1.54, 1.807) is 0 Å². The minimum Gasteiger partial charge on any atom is -0.317 e. The first kappa shape index (κ1) is 10.8. The summed E-state index contributed by atoms with van der Waals surface area (Å²) in [5, 5.41) is 3.41. The van der Waals surface area contributed by atoms with E-state index in [4.69, 9.17) is 0 Å². The average molecular weight is 181 g/mol. The van der Waals surface area contributed by atoms with Gasteiger partial charge in [-0.25, -0.2) is 0 Å². The number of hydrogen-bond acceptors (Lipinski definition) is 1. The van der Waals surface area contributed by atoms with Gasteiger partial charge in [-0.05, 0) is 51.6 Å².